The smallest absolute Gasteiger partial charge is 0.0145 e. The van der Waals surface area contributed by atoms with Crippen LogP contribution in [0, 0.1) is 0 Å². The Labute approximate surface area is 56.5 Å². The molecule has 1 rings (SSSR count). The third-order valence-electron chi connectivity index (χ3n) is 1.37. The molecular weight excluding hydrogens is 110 g/mol. The summed E-state index contributed by atoms with van der Waals surface area (Å²) in [6, 6.07) is 0. The van der Waals surface area contributed by atoms with Crippen LogP contribution in [0.1, 0.15) is 19.8 Å². The van der Waals surface area contributed by atoms with E-state index in [9.17, 15) is 0 Å². The van der Waals surface area contributed by atoms with Crippen LogP contribution in [0.25, 0.3) is 0 Å². The van der Waals surface area contributed by atoms with Crippen molar-refractivity contribution < 1.29 is 0 Å². The van der Waals surface area contributed by atoms with Gasteiger partial charge in [-0.2, -0.15) is 0 Å². The number of allylic oxidation sites excluding steroid dienone is 3. The van der Waals surface area contributed by atoms with Crippen molar-refractivity contribution in [3.8, 4) is 0 Å². The molecule has 0 radical (unpaired) electrons. The van der Waals surface area contributed by atoms with Crippen LogP contribution in [0.4, 0.5) is 0 Å². The second-order valence-electron chi connectivity index (χ2n) is 2.25. The van der Waals surface area contributed by atoms with Gasteiger partial charge in [0.1, 0.15) is 0 Å². The standard InChI is InChI=1S/C8H13N/c1-2-7-9-8-5-3-4-6-8/h3-5,9H,2,6-7H2,1H3. The van der Waals surface area contributed by atoms with Crippen LogP contribution in [0.15, 0.2) is 23.9 Å². The van der Waals surface area contributed by atoms with Crippen LogP contribution in [-0.2, 0) is 0 Å². The highest BCUT2D eigenvalue weighted by molar-refractivity contribution is 5.21. The molecular formula is C8H13N. The Morgan fingerprint density at radius 3 is 3.11 bits per heavy atom. The Bertz CT molecular complexity index is 134. The summed E-state index contributed by atoms with van der Waals surface area (Å²) in [6.45, 7) is 3.28. The molecule has 0 saturated carbocycles. The molecule has 0 aromatic heterocycles. The van der Waals surface area contributed by atoms with E-state index < -0.39 is 0 Å². The summed E-state index contributed by atoms with van der Waals surface area (Å²) >= 11 is 0. The van der Waals surface area contributed by atoms with Crippen LogP contribution in [-0.4, -0.2) is 6.54 Å². The molecule has 0 atom stereocenters. The lowest BCUT2D eigenvalue weighted by Crippen LogP contribution is -2.11. The summed E-state index contributed by atoms with van der Waals surface area (Å²) in [4.78, 5) is 0. The van der Waals surface area contributed by atoms with E-state index in [-0.39, 0.29) is 0 Å². The molecule has 0 saturated heterocycles. The maximum atomic E-state index is 3.33. The molecule has 1 heteroatoms. The van der Waals surface area contributed by atoms with Crippen molar-refractivity contribution in [2.24, 2.45) is 0 Å². The Hall–Kier alpha value is -0.720. The Kier molecular flexibility index (Phi) is 2.37. The number of hydrogen-bond donors (Lipinski definition) is 1. The van der Waals surface area contributed by atoms with Crippen molar-refractivity contribution in [1.82, 2.24) is 5.32 Å². The van der Waals surface area contributed by atoms with Crippen LogP contribution in [0.3, 0.4) is 0 Å². The van der Waals surface area contributed by atoms with E-state index in [4.69, 9.17) is 0 Å². The highest BCUT2D eigenvalue weighted by Gasteiger charge is 1.94. The summed E-state index contributed by atoms with van der Waals surface area (Å²) < 4.78 is 0. The van der Waals surface area contributed by atoms with Gasteiger partial charge in [0, 0.05) is 18.7 Å². The van der Waals surface area contributed by atoms with Crippen molar-refractivity contribution in [3.05, 3.63) is 23.9 Å². The van der Waals surface area contributed by atoms with Gasteiger partial charge < -0.3 is 5.32 Å². The third kappa shape index (κ3) is 1.92. The third-order valence-corrected chi connectivity index (χ3v) is 1.37. The molecule has 0 aromatic rings. The number of nitrogens with one attached hydrogen (secondary N) is 1. The van der Waals surface area contributed by atoms with Gasteiger partial charge in [-0.1, -0.05) is 19.1 Å². The van der Waals surface area contributed by atoms with Gasteiger partial charge in [0.05, 0.1) is 0 Å². The van der Waals surface area contributed by atoms with Crippen molar-refractivity contribution >= 4 is 0 Å². The summed E-state index contributed by atoms with van der Waals surface area (Å²) in [7, 11) is 0. The zero-order valence-electron chi connectivity index (χ0n) is 5.85. The predicted octanol–water partition coefficient (Wildman–Crippen LogP) is 1.83. The lowest BCUT2D eigenvalue weighted by atomic mass is 10.3. The molecule has 1 aliphatic carbocycles. The van der Waals surface area contributed by atoms with E-state index in [1.54, 1.807) is 0 Å². The average Bonchev–Trinajstić information content (AvgIpc) is 2.34. The van der Waals surface area contributed by atoms with Crippen LogP contribution in [0.5, 0.6) is 0 Å². The minimum Gasteiger partial charge on any atom is -0.388 e. The monoisotopic (exact) mass is 123 g/mol. The molecule has 0 aromatic carbocycles. The molecule has 1 nitrogen and oxygen atoms in total. The summed E-state index contributed by atoms with van der Waals surface area (Å²) in [5.74, 6) is 0. The molecule has 0 fully saturated rings. The fourth-order valence-corrected chi connectivity index (χ4v) is 0.864. The minimum atomic E-state index is 1.10. The first-order valence-corrected chi connectivity index (χ1v) is 3.53. The van der Waals surface area contributed by atoms with Gasteiger partial charge in [0.15, 0.2) is 0 Å². The molecule has 1 aliphatic rings. The summed E-state index contributed by atoms with van der Waals surface area (Å²) in [5.41, 5.74) is 1.36. The number of rotatable bonds is 3. The predicted molar refractivity (Wildman–Crippen MR) is 40.1 cm³/mol. The first-order chi connectivity index (χ1) is 4.43. The molecule has 1 N–H and O–H groups in total. The van der Waals surface area contributed by atoms with Gasteiger partial charge in [0.2, 0.25) is 0 Å². The number of hydrogen-bond acceptors (Lipinski definition) is 1. The van der Waals surface area contributed by atoms with Gasteiger partial charge in [-0.15, -0.1) is 0 Å². The fraction of sp³-hybridized carbons (Fsp3) is 0.500. The molecule has 0 aliphatic heterocycles. The molecule has 0 amide bonds. The quantitative estimate of drug-likeness (QED) is 0.603. The Morgan fingerprint density at radius 2 is 2.56 bits per heavy atom. The zero-order valence-corrected chi connectivity index (χ0v) is 5.85. The minimum absolute atomic E-state index is 1.10. The molecule has 50 valence electrons. The van der Waals surface area contributed by atoms with E-state index in [0.717, 1.165) is 13.0 Å². The summed E-state index contributed by atoms with van der Waals surface area (Å²) in [5, 5.41) is 3.33. The van der Waals surface area contributed by atoms with Gasteiger partial charge >= 0.3 is 0 Å². The average molecular weight is 123 g/mol. The molecule has 9 heavy (non-hydrogen) atoms. The van der Waals surface area contributed by atoms with Crippen molar-refractivity contribution in [3.63, 3.8) is 0 Å². The first-order valence-electron chi connectivity index (χ1n) is 3.53. The molecule has 0 spiro atoms. The van der Waals surface area contributed by atoms with Gasteiger partial charge in [0.25, 0.3) is 0 Å². The van der Waals surface area contributed by atoms with Gasteiger partial charge in [-0.05, 0) is 12.5 Å². The lowest BCUT2D eigenvalue weighted by molar-refractivity contribution is 0.758. The van der Waals surface area contributed by atoms with E-state index in [2.05, 4.69) is 30.5 Å². The highest BCUT2D eigenvalue weighted by atomic mass is 14.9. The van der Waals surface area contributed by atoms with E-state index >= 15 is 0 Å². The molecule has 0 bridgehead atoms. The highest BCUT2D eigenvalue weighted by Crippen LogP contribution is 2.05. The topological polar surface area (TPSA) is 12.0 Å². The van der Waals surface area contributed by atoms with Crippen LogP contribution in [0.2, 0.25) is 0 Å². The Balaban J connectivity index is 2.14. The SMILES string of the molecule is CCCNC1=CC=CC1. The maximum absolute atomic E-state index is 3.33. The second kappa shape index (κ2) is 3.33. The fourth-order valence-electron chi connectivity index (χ4n) is 0.864. The van der Waals surface area contributed by atoms with Crippen molar-refractivity contribution in [2.45, 2.75) is 19.8 Å². The Morgan fingerprint density at radius 1 is 1.67 bits per heavy atom. The normalized spacial score (nSPS) is 15.9. The first kappa shape index (κ1) is 6.40. The van der Waals surface area contributed by atoms with Crippen molar-refractivity contribution in [2.75, 3.05) is 6.54 Å². The van der Waals surface area contributed by atoms with E-state index in [1.807, 2.05) is 0 Å². The van der Waals surface area contributed by atoms with Gasteiger partial charge in [-0.3, -0.25) is 0 Å². The van der Waals surface area contributed by atoms with E-state index in [1.165, 1.54) is 12.1 Å². The second-order valence-corrected chi connectivity index (χ2v) is 2.25. The lowest BCUT2D eigenvalue weighted by Gasteiger charge is -2.02. The molecule has 0 unspecified atom stereocenters. The zero-order chi connectivity index (χ0) is 6.53. The summed E-state index contributed by atoms with van der Waals surface area (Å²) in [6.07, 6.45) is 8.70. The maximum Gasteiger partial charge on any atom is 0.0145 e. The van der Waals surface area contributed by atoms with Crippen LogP contribution >= 0.6 is 0 Å². The largest absolute Gasteiger partial charge is 0.388 e. The van der Waals surface area contributed by atoms with Gasteiger partial charge in [-0.25, -0.2) is 0 Å². The van der Waals surface area contributed by atoms with Crippen molar-refractivity contribution in [1.29, 1.82) is 0 Å². The molecule has 0 heterocycles. The van der Waals surface area contributed by atoms with E-state index in [0.29, 0.717) is 0 Å². The van der Waals surface area contributed by atoms with Crippen LogP contribution < -0.4 is 5.32 Å².